The summed E-state index contributed by atoms with van der Waals surface area (Å²) >= 11 is 0. The maximum absolute atomic E-state index is 12.1. The minimum Gasteiger partial charge on any atom is -0.484 e. The molecule has 2 rings (SSSR count). The van der Waals surface area contributed by atoms with E-state index in [1.807, 2.05) is 38.1 Å². The van der Waals surface area contributed by atoms with Crippen LogP contribution < -0.4 is 15.1 Å². The van der Waals surface area contributed by atoms with Crippen LogP contribution in [0.1, 0.15) is 45.7 Å². The summed E-state index contributed by atoms with van der Waals surface area (Å²) in [5, 5.41) is 15.1. The molecule has 0 bridgehead atoms. The van der Waals surface area contributed by atoms with Crippen LogP contribution in [0.2, 0.25) is 0 Å². The van der Waals surface area contributed by atoms with Crippen molar-refractivity contribution >= 4 is 23.5 Å². The van der Waals surface area contributed by atoms with Crippen molar-refractivity contribution in [3.8, 4) is 5.75 Å². The van der Waals surface area contributed by atoms with E-state index in [9.17, 15) is 14.9 Å². The second-order valence-electron chi connectivity index (χ2n) is 8.03. The van der Waals surface area contributed by atoms with Gasteiger partial charge in [-0.05, 0) is 43.0 Å². The molecule has 0 radical (unpaired) electrons. The van der Waals surface area contributed by atoms with E-state index in [0.717, 1.165) is 18.8 Å². The van der Waals surface area contributed by atoms with Gasteiger partial charge in [0.25, 0.3) is 11.6 Å². The smallest absolute Gasteiger partial charge is 0.277 e. The summed E-state index contributed by atoms with van der Waals surface area (Å²) in [6, 6.07) is 12.2. The Kier molecular flexibility index (Phi) is 8.13. The van der Waals surface area contributed by atoms with Crippen LogP contribution in [-0.4, -0.2) is 36.7 Å². The molecule has 166 valence electrons. The van der Waals surface area contributed by atoms with Crippen molar-refractivity contribution in [1.82, 2.24) is 5.43 Å². The van der Waals surface area contributed by atoms with Gasteiger partial charge in [0.05, 0.1) is 11.1 Å². The molecule has 0 heterocycles. The van der Waals surface area contributed by atoms with Crippen LogP contribution in [0.4, 0.5) is 11.4 Å². The van der Waals surface area contributed by atoms with Gasteiger partial charge in [-0.2, -0.15) is 5.10 Å². The molecule has 0 aliphatic rings. The van der Waals surface area contributed by atoms with Gasteiger partial charge < -0.3 is 9.64 Å². The number of hydrogen-bond donors (Lipinski definition) is 1. The Balaban J connectivity index is 2.01. The first kappa shape index (κ1) is 23.9. The minimum atomic E-state index is -0.458. The molecule has 0 aliphatic heterocycles. The molecule has 1 N–H and O–H groups in total. The standard InChI is InChI=1S/C23H30N4O4/c1-6-26(7-2)21-13-10-19(27(29)30)14-17(21)15-24-25-22(28)16-31-20-11-8-18(9-12-20)23(3,4)5/h8-15H,6-7,16H2,1-5H3,(H,25,28). The van der Waals surface area contributed by atoms with Gasteiger partial charge in [-0.25, -0.2) is 5.43 Å². The average Bonchev–Trinajstić information content (AvgIpc) is 2.73. The number of hydrazone groups is 1. The Morgan fingerprint density at radius 3 is 2.35 bits per heavy atom. The first-order valence-electron chi connectivity index (χ1n) is 10.2. The molecule has 0 atom stereocenters. The van der Waals surface area contributed by atoms with Crippen LogP contribution in [0.25, 0.3) is 0 Å². The third-order valence-electron chi connectivity index (χ3n) is 4.81. The number of hydrogen-bond acceptors (Lipinski definition) is 6. The lowest BCUT2D eigenvalue weighted by atomic mass is 9.87. The summed E-state index contributed by atoms with van der Waals surface area (Å²) in [4.78, 5) is 24.8. The molecular formula is C23H30N4O4. The predicted molar refractivity (Wildman–Crippen MR) is 123 cm³/mol. The van der Waals surface area contributed by atoms with Crippen molar-refractivity contribution in [2.45, 2.75) is 40.0 Å². The SMILES string of the molecule is CCN(CC)c1ccc([N+](=O)[O-])cc1C=NNC(=O)COc1ccc(C(C)(C)C)cc1. The van der Waals surface area contributed by atoms with Gasteiger partial charge >= 0.3 is 0 Å². The van der Waals surface area contributed by atoms with Gasteiger partial charge in [0.2, 0.25) is 0 Å². The summed E-state index contributed by atoms with van der Waals surface area (Å²) < 4.78 is 5.50. The summed E-state index contributed by atoms with van der Waals surface area (Å²) in [6.07, 6.45) is 1.41. The third-order valence-corrected chi connectivity index (χ3v) is 4.81. The number of rotatable bonds is 9. The third kappa shape index (κ3) is 6.80. The highest BCUT2D eigenvalue weighted by molar-refractivity contribution is 5.90. The Morgan fingerprint density at radius 2 is 1.81 bits per heavy atom. The summed E-state index contributed by atoms with van der Waals surface area (Å²) in [7, 11) is 0. The number of anilines is 1. The lowest BCUT2D eigenvalue weighted by molar-refractivity contribution is -0.384. The van der Waals surface area contributed by atoms with Crippen molar-refractivity contribution in [1.29, 1.82) is 0 Å². The molecule has 2 aromatic carbocycles. The van der Waals surface area contributed by atoms with Crippen LogP contribution in [0.15, 0.2) is 47.6 Å². The van der Waals surface area contributed by atoms with Crippen molar-refractivity contribution in [3.63, 3.8) is 0 Å². The molecule has 8 heteroatoms. The second kappa shape index (κ2) is 10.6. The number of nitro groups is 1. The van der Waals surface area contributed by atoms with Crippen LogP contribution in [0, 0.1) is 10.1 Å². The lowest BCUT2D eigenvalue weighted by Crippen LogP contribution is -2.25. The van der Waals surface area contributed by atoms with E-state index in [2.05, 4.69) is 36.2 Å². The number of ether oxygens (including phenoxy) is 1. The number of nitro benzene ring substituents is 1. The summed E-state index contributed by atoms with van der Waals surface area (Å²) in [5.74, 6) is 0.167. The normalized spacial score (nSPS) is 11.4. The van der Waals surface area contributed by atoms with Crippen molar-refractivity contribution in [3.05, 3.63) is 63.7 Å². The van der Waals surface area contributed by atoms with Crippen LogP contribution in [0.5, 0.6) is 5.75 Å². The molecule has 0 saturated heterocycles. The van der Waals surface area contributed by atoms with E-state index in [0.29, 0.717) is 11.3 Å². The van der Waals surface area contributed by atoms with Gasteiger partial charge in [0.1, 0.15) is 5.75 Å². The second-order valence-corrected chi connectivity index (χ2v) is 8.03. The zero-order chi connectivity index (χ0) is 23.0. The maximum atomic E-state index is 12.1. The fourth-order valence-corrected chi connectivity index (χ4v) is 3.02. The topological polar surface area (TPSA) is 97.1 Å². The number of amides is 1. The fourth-order valence-electron chi connectivity index (χ4n) is 3.02. The molecule has 0 saturated carbocycles. The number of benzene rings is 2. The van der Waals surface area contributed by atoms with E-state index in [4.69, 9.17) is 4.74 Å². The average molecular weight is 427 g/mol. The highest BCUT2D eigenvalue weighted by Crippen LogP contribution is 2.25. The number of non-ortho nitro benzene ring substituents is 1. The van der Waals surface area contributed by atoms with Crippen LogP contribution in [-0.2, 0) is 10.2 Å². The number of nitrogens with zero attached hydrogens (tertiary/aromatic N) is 3. The highest BCUT2D eigenvalue weighted by Gasteiger charge is 2.14. The molecule has 1 amide bonds. The first-order valence-corrected chi connectivity index (χ1v) is 10.2. The predicted octanol–water partition coefficient (Wildman–Crippen LogP) is 4.27. The molecular weight excluding hydrogens is 396 g/mol. The zero-order valence-corrected chi connectivity index (χ0v) is 18.7. The van der Waals surface area contributed by atoms with E-state index in [-0.39, 0.29) is 17.7 Å². The fraction of sp³-hybridized carbons (Fsp3) is 0.391. The Morgan fingerprint density at radius 1 is 1.16 bits per heavy atom. The van der Waals surface area contributed by atoms with Gasteiger partial charge in [-0.3, -0.25) is 14.9 Å². The van der Waals surface area contributed by atoms with Gasteiger partial charge in [0.15, 0.2) is 6.61 Å². The van der Waals surface area contributed by atoms with Crippen molar-refractivity contribution in [2.75, 3.05) is 24.6 Å². The van der Waals surface area contributed by atoms with Crippen molar-refractivity contribution in [2.24, 2.45) is 5.10 Å². The maximum Gasteiger partial charge on any atom is 0.277 e. The van der Waals surface area contributed by atoms with E-state index in [1.165, 1.54) is 23.9 Å². The van der Waals surface area contributed by atoms with Gasteiger partial charge in [-0.15, -0.1) is 0 Å². The largest absolute Gasteiger partial charge is 0.484 e. The minimum absolute atomic E-state index is 0.0364. The van der Waals surface area contributed by atoms with Crippen LogP contribution >= 0.6 is 0 Å². The quantitative estimate of drug-likeness (QED) is 0.367. The van der Waals surface area contributed by atoms with E-state index < -0.39 is 10.8 Å². The lowest BCUT2D eigenvalue weighted by Gasteiger charge is -2.22. The Hall–Kier alpha value is -3.42. The molecule has 0 spiro atoms. The Labute approximate surface area is 183 Å². The molecule has 0 aliphatic carbocycles. The first-order chi connectivity index (χ1) is 14.7. The monoisotopic (exact) mass is 426 g/mol. The molecule has 31 heavy (non-hydrogen) atoms. The molecule has 0 aromatic heterocycles. The number of nitrogens with one attached hydrogen (secondary N) is 1. The van der Waals surface area contributed by atoms with Gasteiger partial charge in [-0.1, -0.05) is 32.9 Å². The van der Waals surface area contributed by atoms with E-state index >= 15 is 0 Å². The molecule has 2 aromatic rings. The highest BCUT2D eigenvalue weighted by atomic mass is 16.6. The number of carbonyl (C=O) groups excluding carboxylic acids is 1. The summed E-state index contributed by atoms with van der Waals surface area (Å²) in [5.41, 5.74) is 4.95. The molecule has 0 fully saturated rings. The van der Waals surface area contributed by atoms with E-state index in [1.54, 1.807) is 6.07 Å². The van der Waals surface area contributed by atoms with Crippen molar-refractivity contribution < 1.29 is 14.5 Å². The number of carbonyl (C=O) groups is 1. The Bertz CT molecular complexity index is 930. The molecule has 0 unspecified atom stereocenters. The van der Waals surface area contributed by atoms with Gasteiger partial charge in [0, 0.05) is 36.5 Å². The van der Waals surface area contributed by atoms with Crippen LogP contribution in [0.3, 0.4) is 0 Å². The summed E-state index contributed by atoms with van der Waals surface area (Å²) in [6.45, 7) is 11.7. The molecule has 8 nitrogen and oxygen atoms in total. The zero-order valence-electron chi connectivity index (χ0n) is 18.7.